The topological polar surface area (TPSA) is 62.1 Å². The average molecular weight is 267 g/mol. The lowest BCUT2D eigenvalue weighted by atomic mass is 9.84. The Labute approximate surface area is 112 Å². The predicted molar refractivity (Wildman–Crippen MR) is 69.7 cm³/mol. The van der Waals surface area contributed by atoms with Gasteiger partial charge in [0.25, 0.3) is 0 Å². The van der Waals surface area contributed by atoms with Crippen molar-refractivity contribution in [3.63, 3.8) is 0 Å². The van der Waals surface area contributed by atoms with Gasteiger partial charge in [0.15, 0.2) is 6.07 Å². The third-order valence-corrected chi connectivity index (χ3v) is 3.02. The van der Waals surface area contributed by atoms with Gasteiger partial charge in [-0.2, -0.15) is 5.26 Å². The number of ether oxygens (including phenoxy) is 1. The van der Waals surface area contributed by atoms with E-state index in [0.717, 1.165) is 5.56 Å². The fourth-order valence-electron chi connectivity index (χ4n) is 1.53. The molecular weight excluding hydrogens is 252 g/mol. The third-order valence-electron chi connectivity index (χ3n) is 2.73. The smallest absolute Gasteiger partial charge is 0.322 e. The summed E-state index contributed by atoms with van der Waals surface area (Å²) in [6.07, 6.45) is 0. The van der Waals surface area contributed by atoms with Gasteiger partial charge < -0.3 is 10.1 Å². The van der Waals surface area contributed by atoms with Crippen molar-refractivity contribution in [3.05, 3.63) is 28.8 Å². The molecule has 0 atom stereocenters. The molecule has 1 aromatic carbocycles. The van der Waals surface area contributed by atoms with Gasteiger partial charge in [-0.1, -0.05) is 31.5 Å². The molecule has 0 unspecified atom stereocenters. The second-order valence-electron chi connectivity index (χ2n) is 4.53. The minimum absolute atomic E-state index is 0.317. The lowest BCUT2D eigenvalue weighted by molar-refractivity contribution is -0.116. The van der Waals surface area contributed by atoms with E-state index in [9.17, 15) is 4.79 Å². The van der Waals surface area contributed by atoms with Gasteiger partial charge in [0, 0.05) is 12.0 Å². The molecule has 0 aromatic heterocycles. The molecular formula is C13H15ClN2O2. The van der Waals surface area contributed by atoms with E-state index in [2.05, 4.69) is 5.32 Å². The zero-order chi connectivity index (χ0) is 13.8. The summed E-state index contributed by atoms with van der Waals surface area (Å²) < 4.78 is 5.08. The van der Waals surface area contributed by atoms with E-state index in [1.807, 2.05) is 19.9 Å². The first-order chi connectivity index (χ1) is 8.40. The van der Waals surface area contributed by atoms with Crippen molar-refractivity contribution in [1.82, 2.24) is 5.32 Å². The molecule has 0 aliphatic rings. The molecule has 0 bridgehead atoms. The highest BCUT2D eigenvalue weighted by Gasteiger charge is 2.22. The molecule has 1 rings (SSSR count). The second-order valence-corrected chi connectivity index (χ2v) is 4.93. The summed E-state index contributed by atoms with van der Waals surface area (Å²) in [7, 11) is 1.55. The number of carbonyl (C=O) groups excluding carboxylic acids is 1. The highest BCUT2D eigenvalue weighted by atomic mass is 35.5. The molecule has 0 spiro atoms. The Morgan fingerprint density at radius 3 is 2.72 bits per heavy atom. The second kappa shape index (κ2) is 5.74. The van der Waals surface area contributed by atoms with E-state index < -0.39 is 5.91 Å². The molecule has 4 nitrogen and oxygen atoms in total. The Kier molecular flexibility index (Phi) is 4.57. The largest absolute Gasteiger partial charge is 0.495 e. The van der Waals surface area contributed by atoms with Crippen LogP contribution in [0.1, 0.15) is 19.4 Å². The number of hydrogen-bond donors (Lipinski definition) is 1. The fourth-order valence-corrected chi connectivity index (χ4v) is 1.79. The van der Waals surface area contributed by atoms with Crippen LogP contribution in [0.2, 0.25) is 5.02 Å². The Bertz CT molecular complexity index is 492. The van der Waals surface area contributed by atoms with Gasteiger partial charge in [0.1, 0.15) is 5.75 Å². The SMILES string of the molecule is COc1ccc(C(C)(C)CNC(=O)C#N)cc1Cl. The number of nitrogens with one attached hydrogen (secondary N) is 1. The summed E-state index contributed by atoms with van der Waals surface area (Å²) in [5.74, 6) is -0.0278. The number of rotatable bonds is 4. The van der Waals surface area contributed by atoms with E-state index in [0.29, 0.717) is 17.3 Å². The molecule has 0 aliphatic heterocycles. The number of benzene rings is 1. The van der Waals surface area contributed by atoms with Crippen LogP contribution in [-0.4, -0.2) is 19.6 Å². The molecule has 1 aromatic rings. The minimum atomic E-state index is -0.636. The summed E-state index contributed by atoms with van der Waals surface area (Å²) in [6.45, 7) is 4.29. The highest BCUT2D eigenvalue weighted by Crippen LogP contribution is 2.30. The Hall–Kier alpha value is -1.73. The van der Waals surface area contributed by atoms with Gasteiger partial charge >= 0.3 is 5.91 Å². The first-order valence-corrected chi connectivity index (χ1v) is 5.80. The standard InChI is InChI=1S/C13H15ClN2O2/c1-13(2,8-16-12(17)7-15)9-4-5-11(18-3)10(14)6-9/h4-6H,8H2,1-3H3,(H,16,17). The van der Waals surface area contributed by atoms with Crippen LogP contribution in [0.3, 0.4) is 0 Å². The van der Waals surface area contributed by atoms with Crippen LogP contribution >= 0.6 is 11.6 Å². The number of nitrogens with zero attached hydrogens (tertiary/aromatic N) is 1. The van der Waals surface area contributed by atoms with E-state index >= 15 is 0 Å². The quantitative estimate of drug-likeness (QED) is 0.851. The van der Waals surface area contributed by atoms with E-state index in [1.165, 1.54) is 6.07 Å². The molecule has 1 N–H and O–H groups in total. The average Bonchev–Trinajstić information content (AvgIpc) is 2.35. The van der Waals surface area contributed by atoms with Crippen molar-refractivity contribution >= 4 is 17.5 Å². The third kappa shape index (κ3) is 3.38. The van der Waals surface area contributed by atoms with Crippen LogP contribution in [0.4, 0.5) is 0 Å². The van der Waals surface area contributed by atoms with Gasteiger partial charge in [-0.15, -0.1) is 0 Å². The molecule has 1 amide bonds. The summed E-state index contributed by atoms with van der Waals surface area (Å²) in [5, 5.41) is 11.5. The lowest BCUT2D eigenvalue weighted by Gasteiger charge is -2.25. The molecule has 5 heteroatoms. The maximum atomic E-state index is 10.9. The van der Waals surface area contributed by atoms with Crippen LogP contribution in [0.5, 0.6) is 5.75 Å². The van der Waals surface area contributed by atoms with Crippen LogP contribution < -0.4 is 10.1 Å². The van der Waals surface area contributed by atoms with Gasteiger partial charge in [0.05, 0.1) is 12.1 Å². The minimum Gasteiger partial charge on any atom is -0.495 e. The van der Waals surface area contributed by atoms with Crippen molar-refractivity contribution < 1.29 is 9.53 Å². The van der Waals surface area contributed by atoms with Crippen LogP contribution in [-0.2, 0) is 10.2 Å². The fraction of sp³-hybridized carbons (Fsp3) is 0.385. The van der Waals surface area contributed by atoms with E-state index in [4.69, 9.17) is 21.6 Å². The van der Waals surface area contributed by atoms with Crippen molar-refractivity contribution in [2.75, 3.05) is 13.7 Å². The van der Waals surface area contributed by atoms with Crippen LogP contribution in [0, 0.1) is 11.3 Å². The summed E-state index contributed by atoms with van der Waals surface area (Å²) >= 11 is 6.06. The number of nitriles is 1. The van der Waals surface area contributed by atoms with Gasteiger partial charge in [-0.3, -0.25) is 4.79 Å². The number of hydrogen-bond acceptors (Lipinski definition) is 3. The first-order valence-electron chi connectivity index (χ1n) is 5.42. The molecule has 0 heterocycles. The lowest BCUT2D eigenvalue weighted by Crippen LogP contribution is -2.36. The zero-order valence-electron chi connectivity index (χ0n) is 10.6. The normalized spacial score (nSPS) is 10.6. The van der Waals surface area contributed by atoms with Crippen LogP contribution in [0.25, 0.3) is 0 Å². The molecule has 0 saturated carbocycles. The molecule has 0 aliphatic carbocycles. The maximum absolute atomic E-state index is 10.9. The van der Waals surface area contributed by atoms with Gasteiger partial charge in [-0.05, 0) is 17.7 Å². The Balaban J connectivity index is 2.88. The van der Waals surface area contributed by atoms with Crippen molar-refractivity contribution in [2.24, 2.45) is 0 Å². The molecule has 0 radical (unpaired) electrons. The summed E-state index contributed by atoms with van der Waals surface area (Å²) in [4.78, 5) is 10.9. The predicted octanol–water partition coefficient (Wildman–Crippen LogP) is 2.27. The first kappa shape index (κ1) is 14.3. The number of methoxy groups -OCH3 is 1. The Morgan fingerprint density at radius 2 is 2.22 bits per heavy atom. The van der Waals surface area contributed by atoms with E-state index in [1.54, 1.807) is 19.2 Å². The Morgan fingerprint density at radius 1 is 1.56 bits per heavy atom. The van der Waals surface area contributed by atoms with Crippen molar-refractivity contribution in [2.45, 2.75) is 19.3 Å². The zero-order valence-corrected chi connectivity index (χ0v) is 11.3. The molecule has 96 valence electrons. The number of carbonyl (C=O) groups is 1. The number of amides is 1. The maximum Gasteiger partial charge on any atom is 0.322 e. The van der Waals surface area contributed by atoms with Crippen LogP contribution in [0.15, 0.2) is 18.2 Å². The summed E-state index contributed by atoms with van der Waals surface area (Å²) in [6, 6.07) is 7.00. The van der Waals surface area contributed by atoms with E-state index in [-0.39, 0.29) is 5.41 Å². The monoisotopic (exact) mass is 266 g/mol. The number of halogens is 1. The van der Waals surface area contributed by atoms with Gasteiger partial charge in [-0.25, -0.2) is 0 Å². The molecule has 18 heavy (non-hydrogen) atoms. The summed E-state index contributed by atoms with van der Waals surface area (Å²) in [5.41, 5.74) is 0.647. The van der Waals surface area contributed by atoms with Crippen molar-refractivity contribution in [3.8, 4) is 11.8 Å². The molecule has 0 saturated heterocycles. The highest BCUT2D eigenvalue weighted by molar-refractivity contribution is 6.32. The van der Waals surface area contributed by atoms with Crippen molar-refractivity contribution in [1.29, 1.82) is 5.26 Å². The molecule has 0 fully saturated rings. The van der Waals surface area contributed by atoms with Gasteiger partial charge in [0.2, 0.25) is 0 Å².